The van der Waals surface area contributed by atoms with Crippen LogP contribution >= 0.6 is 0 Å². The predicted molar refractivity (Wildman–Crippen MR) is 102 cm³/mol. The largest absolute Gasteiger partial charge is 0.478 e. The third kappa shape index (κ3) is 4.38. The highest BCUT2D eigenvalue weighted by Crippen LogP contribution is 2.34. The van der Waals surface area contributed by atoms with Crippen molar-refractivity contribution in [1.82, 2.24) is 0 Å². The van der Waals surface area contributed by atoms with Crippen molar-refractivity contribution in [2.45, 2.75) is 18.9 Å². The Kier molecular flexibility index (Phi) is 5.33. The first kappa shape index (κ1) is 18.7. The number of carbonyl (C=O) groups excluding carboxylic acids is 1. The summed E-state index contributed by atoms with van der Waals surface area (Å²) in [5.41, 5.74) is 1.87. The Morgan fingerprint density at radius 2 is 1.96 bits per heavy atom. The van der Waals surface area contributed by atoms with E-state index in [4.69, 9.17) is 10.00 Å². The molecule has 1 atom stereocenters. The smallest absolute Gasteiger partial charge is 0.265 e. The number of hydrogen-bond acceptors (Lipinski definition) is 5. The molecule has 2 aromatic rings. The van der Waals surface area contributed by atoms with Crippen molar-refractivity contribution >= 4 is 27.3 Å². The van der Waals surface area contributed by atoms with Gasteiger partial charge in [-0.15, -0.1) is 0 Å². The predicted octanol–water partition coefficient (Wildman–Crippen LogP) is 2.31. The summed E-state index contributed by atoms with van der Waals surface area (Å²) < 4.78 is 31.3. The van der Waals surface area contributed by atoms with E-state index in [2.05, 4.69) is 11.4 Å². The van der Waals surface area contributed by atoms with Crippen LogP contribution in [-0.4, -0.2) is 33.2 Å². The molecule has 0 radical (unpaired) electrons. The molecule has 3 rings (SSSR count). The summed E-state index contributed by atoms with van der Waals surface area (Å²) in [7, 11) is -3.49. The van der Waals surface area contributed by atoms with Gasteiger partial charge in [0.15, 0.2) is 6.10 Å². The van der Waals surface area contributed by atoms with Crippen molar-refractivity contribution < 1.29 is 17.9 Å². The van der Waals surface area contributed by atoms with E-state index in [0.717, 1.165) is 11.8 Å². The van der Waals surface area contributed by atoms with Crippen molar-refractivity contribution in [3.63, 3.8) is 0 Å². The molecule has 0 saturated carbocycles. The van der Waals surface area contributed by atoms with Gasteiger partial charge in [0, 0.05) is 18.7 Å². The third-order valence-electron chi connectivity index (χ3n) is 4.19. The zero-order chi connectivity index (χ0) is 19.4. The molecule has 0 bridgehead atoms. The Bertz CT molecular complexity index is 981. The number of ether oxygens (including phenoxy) is 1. The number of hydrogen-bond donors (Lipinski definition) is 1. The second-order valence-electron chi connectivity index (χ2n) is 6.22. The number of amides is 1. The second-order valence-corrected chi connectivity index (χ2v) is 8.13. The maximum absolute atomic E-state index is 12.6. The number of carbonyl (C=O) groups is 1. The van der Waals surface area contributed by atoms with E-state index in [0.29, 0.717) is 23.5 Å². The summed E-state index contributed by atoms with van der Waals surface area (Å²) >= 11 is 0. The van der Waals surface area contributed by atoms with E-state index >= 15 is 0 Å². The van der Waals surface area contributed by atoms with Crippen LogP contribution in [0.5, 0.6) is 5.75 Å². The molecule has 140 valence electrons. The molecule has 0 fully saturated rings. The standard InChI is InChI=1S/C19H19N3O4S/c1-27(24,25)22-13-11-18(26-17-5-3-2-4-16(17)22)19(23)21-15-8-6-14(7-9-15)10-12-20/h2-9,18H,10-11,13H2,1H3,(H,21,23)/t18-/m1/s1. The van der Waals surface area contributed by atoms with Gasteiger partial charge in [-0.05, 0) is 29.8 Å². The zero-order valence-electron chi connectivity index (χ0n) is 14.8. The van der Waals surface area contributed by atoms with E-state index in [1.165, 1.54) is 4.31 Å². The number of rotatable bonds is 4. The lowest BCUT2D eigenvalue weighted by atomic mass is 10.1. The molecular weight excluding hydrogens is 366 g/mol. The van der Waals surface area contributed by atoms with Gasteiger partial charge in [-0.3, -0.25) is 9.10 Å². The Morgan fingerprint density at radius 3 is 2.63 bits per heavy atom. The molecular formula is C19H19N3O4S. The lowest BCUT2D eigenvalue weighted by Gasteiger charge is -2.20. The van der Waals surface area contributed by atoms with Crippen LogP contribution in [0.4, 0.5) is 11.4 Å². The maximum atomic E-state index is 12.6. The number of nitrogens with one attached hydrogen (secondary N) is 1. The Morgan fingerprint density at radius 1 is 1.26 bits per heavy atom. The summed E-state index contributed by atoms with van der Waals surface area (Å²) in [4.78, 5) is 12.6. The van der Waals surface area contributed by atoms with Gasteiger partial charge >= 0.3 is 0 Å². The van der Waals surface area contributed by atoms with Gasteiger partial charge in [0.1, 0.15) is 5.75 Å². The van der Waals surface area contributed by atoms with Gasteiger partial charge < -0.3 is 10.1 Å². The number of nitrogens with zero attached hydrogens (tertiary/aromatic N) is 2. The maximum Gasteiger partial charge on any atom is 0.265 e. The van der Waals surface area contributed by atoms with Gasteiger partial charge in [-0.1, -0.05) is 24.3 Å². The summed E-state index contributed by atoms with van der Waals surface area (Å²) in [6.45, 7) is 0.148. The van der Waals surface area contributed by atoms with Crippen molar-refractivity contribution in [3.8, 4) is 11.8 Å². The van der Waals surface area contributed by atoms with E-state index in [1.54, 1.807) is 48.5 Å². The Balaban J connectivity index is 1.78. The molecule has 1 amide bonds. The number of nitriles is 1. The minimum absolute atomic E-state index is 0.148. The molecule has 0 aromatic heterocycles. The highest BCUT2D eigenvalue weighted by molar-refractivity contribution is 7.92. The number of sulfonamides is 1. The highest BCUT2D eigenvalue weighted by atomic mass is 32.2. The SMILES string of the molecule is CS(=O)(=O)N1CC[C@H](C(=O)Nc2ccc(CC#N)cc2)Oc2ccccc21. The first-order chi connectivity index (χ1) is 12.9. The molecule has 0 unspecified atom stereocenters. The molecule has 1 heterocycles. The van der Waals surface area contributed by atoms with Crippen molar-refractivity contribution in [2.75, 3.05) is 22.4 Å². The molecule has 0 spiro atoms. The van der Waals surface area contributed by atoms with Gasteiger partial charge in [0.25, 0.3) is 5.91 Å². The van der Waals surface area contributed by atoms with Crippen LogP contribution in [0, 0.1) is 11.3 Å². The average Bonchev–Trinajstić information content (AvgIpc) is 2.83. The summed E-state index contributed by atoms with van der Waals surface area (Å²) in [6, 6.07) is 15.8. The molecule has 27 heavy (non-hydrogen) atoms. The Labute approximate surface area is 158 Å². The average molecular weight is 385 g/mol. The number of para-hydroxylation sites is 2. The second kappa shape index (κ2) is 7.68. The van der Waals surface area contributed by atoms with Crippen LogP contribution in [-0.2, 0) is 21.2 Å². The van der Waals surface area contributed by atoms with E-state index < -0.39 is 16.1 Å². The minimum Gasteiger partial charge on any atom is -0.478 e. The molecule has 0 aliphatic carbocycles. The first-order valence-corrected chi connectivity index (χ1v) is 10.2. The lowest BCUT2D eigenvalue weighted by molar-refractivity contribution is -0.122. The van der Waals surface area contributed by atoms with Gasteiger partial charge in [-0.25, -0.2) is 8.42 Å². The number of anilines is 2. The Hall–Kier alpha value is -3.05. The summed E-state index contributed by atoms with van der Waals surface area (Å²) in [5.74, 6) is -0.00173. The van der Waals surface area contributed by atoms with Crippen LogP contribution in [0.3, 0.4) is 0 Å². The first-order valence-electron chi connectivity index (χ1n) is 8.38. The molecule has 7 nitrogen and oxygen atoms in total. The van der Waals surface area contributed by atoms with Crippen LogP contribution in [0.2, 0.25) is 0 Å². The van der Waals surface area contributed by atoms with Gasteiger partial charge in [0.05, 0.1) is 24.4 Å². The molecule has 1 aliphatic heterocycles. The minimum atomic E-state index is -3.49. The number of benzene rings is 2. The fourth-order valence-corrected chi connectivity index (χ4v) is 3.82. The zero-order valence-corrected chi connectivity index (χ0v) is 15.6. The van der Waals surface area contributed by atoms with E-state index in [9.17, 15) is 13.2 Å². The fraction of sp³-hybridized carbons (Fsp3) is 0.263. The van der Waals surface area contributed by atoms with Crippen molar-refractivity contribution in [1.29, 1.82) is 5.26 Å². The quantitative estimate of drug-likeness (QED) is 0.871. The van der Waals surface area contributed by atoms with Crippen LogP contribution < -0.4 is 14.4 Å². The molecule has 1 aliphatic rings. The van der Waals surface area contributed by atoms with Crippen molar-refractivity contribution in [2.24, 2.45) is 0 Å². The molecule has 2 aromatic carbocycles. The molecule has 0 saturated heterocycles. The van der Waals surface area contributed by atoms with Crippen molar-refractivity contribution in [3.05, 3.63) is 54.1 Å². The fourth-order valence-electron chi connectivity index (χ4n) is 2.88. The van der Waals surface area contributed by atoms with E-state index in [1.807, 2.05) is 0 Å². The topological polar surface area (TPSA) is 99.5 Å². The molecule has 1 N–H and O–H groups in total. The van der Waals surface area contributed by atoms with E-state index in [-0.39, 0.29) is 18.9 Å². The van der Waals surface area contributed by atoms with Crippen LogP contribution in [0.1, 0.15) is 12.0 Å². The van der Waals surface area contributed by atoms with Gasteiger partial charge in [-0.2, -0.15) is 5.26 Å². The third-order valence-corrected chi connectivity index (χ3v) is 5.37. The molecule has 8 heteroatoms. The monoisotopic (exact) mass is 385 g/mol. The normalized spacial score (nSPS) is 16.4. The summed E-state index contributed by atoms with van der Waals surface area (Å²) in [6.07, 6.45) is 0.835. The lowest BCUT2D eigenvalue weighted by Crippen LogP contribution is -2.35. The van der Waals surface area contributed by atoms with Crippen LogP contribution in [0.25, 0.3) is 0 Å². The number of fused-ring (bicyclic) bond motifs is 1. The van der Waals surface area contributed by atoms with Crippen LogP contribution in [0.15, 0.2) is 48.5 Å². The van der Waals surface area contributed by atoms with Gasteiger partial charge in [0.2, 0.25) is 10.0 Å². The summed E-state index contributed by atoms with van der Waals surface area (Å²) in [5, 5.41) is 11.5. The highest BCUT2D eigenvalue weighted by Gasteiger charge is 2.31.